The number of hydrogen-bond donors (Lipinski definition) is 2. The second-order valence-electron chi connectivity index (χ2n) is 6.98. The van der Waals surface area contributed by atoms with Gasteiger partial charge >= 0.3 is 0 Å². The summed E-state index contributed by atoms with van der Waals surface area (Å²) in [5, 5.41) is 11.3. The van der Waals surface area contributed by atoms with Gasteiger partial charge in [0.2, 0.25) is 5.91 Å². The van der Waals surface area contributed by atoms with Crippen molar-refractivity contribution >= 4 is 16.8 Å². The van der Waals surface area contributed by atoms with E-state index < -0.39 is 5.82 Å². The monoisotopic (exact) mass is 386 g/mol. The molecule has 1 aliphatic rings. The van der Waals surface area contributed by atoms with E-state index in [4.69, 9.17) is 0 Å². The van der Waals surface area contributed by atoms with Gasteiger partial charge in [0.15, 0.2) is 0 Å². The highest BCUT2D eigenvalue weighted by Crippen LogP contribution is 2.15. The molecule has 2 N–H and O–H groups in total. The van der Waals surface area contributed by atoms with Crippen molar-refractivity contribution in [3.8, 4) is 0 Å². The van der Waals surface area contributed by atoms with Crippen molar-refractivity contribution in [1.29, 1.82) is 0 Å². The van der Waals surface area contributed by atoms with Crippen LogP contribution in [0.1, 0.15) is 52.0 Å². The molecule has 4 rings (SSSR count). The van der Waals surface area contributed by atoms with Crippen molar-refractivity contribution in [2.75, 3.05) is 0 Å². The van der Waals surface area contributed by atoms with Gasteiger partial charge in [-0.15, -0.1) is 0 Å². The molecular formula is C21H27FN4O2. The highest BCUT2D eigenvalue weighted by molar-refractivity contribution is 5.82. The van der Waals surface area contributed by atoms with Gasteiger partial charge in [-0.2, -0.15) is 10.2 Å². The quantitative estimate of drug-likeness (QED) is 0.713. The third-order valence-corrected chi connectivity index (χ3v) is 4.23. The van der Waals surface area contributed by atoms with E-state index >= 15 is 0 Å². The summed E-state index contributed by atoms with van der Waals surface area (Å²) in [7, 11) is 0. The van der Waals surface area contributed by atoms with Gasteiger partial charge in [-0.05, 0) is 50.2 Å². The number of hydrogen-bond acceptors (Lipinski definition) is 4. The van der Waals surface area contributed by atoms with Crippen LogP contribution >= 0.6 is 0 Å². The van der Waals surface area contributed by atoms with Gasteiger partial charge in [-0.25, -0.2) is 4.39 Å². The Labute approximate surface area is 165 Å². The maximum atomic E-state index is 13.3. The van der Waals surface area contributed by atoms with Crippen molar-refractivity contribution in [2.45, 2.75) is 45.6 Å². The Bertz CT molecular complexity index is 1040. The first-order valence-electron chi connectivity index (χ1n) is 9.33. The zero-order valence-electron chi connectivity index (χ0n) is 16.0. The lowest BCUT2D eigenvalue weighted by Crippen LogP contribution is -2.30. The summed E-state index contributed by atoms with van der Waals surface area (Å²) in [5.74, 6) is -0.724. The van der Waals surface area contributed by atoms with E-state index in [9.17, 15) is 14.0 Å². The number of halogens is 1. The molecule has 1 aliphatic carbocycles. The molecule has 0 radical (unpaired) electrons. The van der Waals surface area contributed by atoms with E-state index in [1.54, 1.807) is 13.0 Å². The van der Waals surface area contributed by atoms with Gasteiger partial charge in [0.25, 0.3) is 5.56 Å². The van der Waals surface area contributed by atoms with Crippen LogP contribution in [0.15, 0.2) is 41.2 Å². The summed E-state index contributed by atoms with van der Waals surface area (Å²) in [6, 6.07) is 8.89. The fourth-order valence-electron chi connectivity index (χ4n) is 2.53. The first kappa shape index (κ1) is 19.7. The van der Waals surface area contributed by atoms with Gasteiger partial charge in [0, 0.05) is 19.3 Å². The number of nitrogens with zero attached hydrogens (tertiary/aromatic N) is 2. The molecule has 0 spiro atoms. The van der Waals surface area contributed by atoms with E-state index in [-0.39, 0.29) is 32.3 Å². The maximum Gasteiger partial charge on any atom is 0.252 e. The van der Waals surface area contributed by atoms with Gasteiger partial charge in [-0.3, -0.25) is 9.59 Å². The molecule has 1 amide bonds. The van der Waals surface area contributed by atoms with Crippen LogP contribution in [-0.4, -0.2) is 21.1 Å². The number of carbonyl (C=O) groups is 1. The van der Waals surface area contributed by atoms with E-state index in [0.29, 0.717) is 16.6 Å². The lowest BCUT2D eigenvalue weighted by atomic mass is 10.1. The Morgan fingerprint density at radius 2 is 1.96 bits per heavy atom. The molecule has 150 valence electrons. The Morgan fingerprint density at radius 3 is 2.61 bits per heavy atom. The zero-order valence-corrected chi connectivity index (χ0v) is 16.0. The first-order chi connectivity index (χ1) is 13.4. The molecular weight excluding hydrogens is 359 g/mol. The number of fused-ring (bicyclic) bond motifs is 1. The lowest BCUT2D eigenvalue weighted by Gasteiger charge is -2.13. The van der Waals surface area contributed by atoms with Crippen LogP contribution < -0.4 is 10.9 Å². The van der Waals surface area contributed by atoms with Crippen molar-refractivity contribution in [3.63, 3.8) is 0 Å². The fraction of sp³-hybridized carbons (Fsp3) is 0.333. The van der Waals surface area contributed by atoms with E-state index in [2.05, 4.69) is 20.5 Å². The number of rotatable bonds is 4. The normalized spacial score (nSPS) is 13.4. The standard InChI is InChI=1S/C18H17FN4O2.C3H6.2H2/c1-10-3-5-15(23-22-10)11(2)20-17(24)9-13-7-12-8-14(19)4-6-16(12)21-18(13)25;1-2-3-1;;/h3-8,11H,9H2,1-2H3,(H,20,24)(H,21,25);1-3H2;2*1H/t11-;;;/m0.../s1. The third-order valence-electron chi connectivity index (χ3n) is 4.23. The van der Waals surface area contributed by atoms with Gasteiger partial charge < -0.3 is 10.3 Å². The Morgan fingerprint density at radius 1 is 1.21 bits per heavy atom. The fourth-order valence-corrected chi connectivity index (χ4v) is 2.53. The summed E-state index contributed by atoms with van der Waals surface area (Å²) < 4.78 is 13.3. The average molecular weight is 386 g/mol. The van der Waals surface area contributed by atoms with Crippen LogP contribution in [0.25, 0.3) is 10.9 Å². The number of aromatic nitrogens is 3. The molecule has 1 atom stereocenters. The second kappa shape index (κ2) is 8.73. The largest absolute Gasteiger partial charge is 0.348 e. The number of amides is 1. The highest BCUT2D eigenvalue weighted by Gasteiger charge is 2.14. The van der Waals surface area contributed by atoms with Gasteiger partial charge in [0.05, 0.1) is 23.9 Å². The van der Waals surface area contributed by atoms with Crippen LogP contribution in [-0.2, 0) is 11.2 Å². The zero-order chi connectivity index (χ0) is 20.1. The maximum absolute atomic E-state index is 13.3. The predicted octanol–water partition coefficient (Wildman–Crippen LogP) is 3.85. The minimum Gasteiger partial charge on any atom is -0.348 e. The predicted molar refractivity (Wildman–Crippen MR) is 110 cm³/mol. The Balaban J connectivity index is 0.000000827. The summed E-state index contributed by atoms with van der Waals surface area (Å²) in [4.78, 5) is 27.0. The Hall–Kier alpha value is -3.09. The van der Waals surface area contributed by atoms with Crippen LogP contribution in [0.2, 0.25) is 0 Å². The van der Waals surface area contributed by atoms with E-state index in [1.807, 2.05) is 13.0 Å². The van der Waals surface area contributed by atoms with E-state index in [0.717, 1.165) is 5.69 Å². The number of benzene rings is 1. The number of carbonyl (C=O) groups excluding carboxylic acids is 1. The van der Waals surface area contributed by atoms with Crippen molar-refractivity contribution in [3.05, 3.63) is 69.5 Å². The average Bonchev–Trinajstić information content (AvgIpc) is 3.52. The number of pyridine rings is 1. The molecule has 0 saturated heterocycles. The van der Waals surface area contributed by atoms with Crippen molar-refractivity contribution in [1.82, 2.24) is 20.5 Å². The van der Waals surface area contributed by atoms with Crippen LogP contribution in [0, 0.1) is 12.7 Å². The molecule has 28 heavy (non-hydrogen) atoms. The number of nitrogens with one attached hydrogen (secondary N) is 2. The third kappa shape index (κ3) is 5.45. The molecule has 7 heteroatoms. The molecule has 0 unspecified atom stereocenters. The highest BCUT2D eigenvalue weighted by atomic mass is 19.1. The smallest absolute Gasteiger partial charge is 0.252 e. The summed E-state index contributed by atoms with van der Waals surface area (Å²) in [6.07, 6.45) is 4.39. The summed E-state index contributed by atoms with van der Waals surface area (Å²) >= 11 is 0. The molecule has 0 aliphatic heterocycles. The molecule has 2 heterocycles. The number of aromatic amines is 1. The minimum absolute atomic E-state index is 0. The molecule has 1 fully saturated rings. The molecule has 1 saturated carbocycles. The second-order valence-corrected chi connectivity index (χ2v) is 6.98. The summed E-state index contributed by atoms with van der Waals surface area (Å²) in [6.45, 7) is 3.62. The number of aryl methyl sites for hydroxylation is 1. The minimum atomic E-state index is -0.401. The van der Waals surface area contributed by atoms with E-state index in [1.165, 1.54) is 43.5 Å². The molecule has 1 aromatic carbocycles. The topological polar surface area (TPSA) is 87.7 Å². The molecule has 0 bridgehead atoms. The van der Waals surface area contributed by atoms with Crippen LogP contribution in [0.4, 0.5) is 4.39 Å². The molecule has 6 nitrogen and oxygen atoms in total. The number of H-pyrrole nitrogens is 1. The van der Waals surface area contributed by atoms with Crippen LogP contribution in [0.5, 0.6) is 0 Å². The Kier molecular flexibility index (Phi) is 6.13. The SMILES string of the molecule is C1CC1.Cc1ccc([C@H](C)NC(=O)Cc2cc3cc(F)ccc3[nH]c2=O)nn1.[HH].[HH]. The summed E-state index contributed by atoms with van der Waals surface area (Å²) in [5.41, 5.74) is 1.86. The van der Waals surface area contributed by atoms with Crippen LogP contribution in [0.3, 0.4) is 0 Å². The van der Waals surface area contributed by atoms with Crippen molar-refractivity contribution < 1.29 is 12.0 Å². The van der Waals surface area contributed by atoms with Gasteiger partial charge in [-0.1, -0.05) is 19.3 Å². The first-order valence-corrected chi connectivity index (χ1v) is 9.33. The molecule has 3 aromatic rings. The molecule has 2 aromatic heterocycles. The van der Waals surface area contributed by atoms with Gasteiger partial charge in [0.1, 0.15) is 5.82 Å². The van der Waals surface area contributed by atoms with Crippen molar-refractivity contribution in [2.24, 2.45) is 0 Å². The lowest BCUT2D eigenvalue weighted by molar-refractivity contribution is -0.121.